The lowest BCUT2D eigenvalue weighted by atomic mass is 9.96. The minimum Gasteiger partial charge on any atom is -0.457 e. The molecule has 1 unspecified atom stereocenters. The lowest BCUT2D eigenvalue weighted by molar-refractivity contribution is -0.126. The molecular weight excluding hydrogens is 345 g/mol. The van der Waals surface area contributed by atoms with Gasteiger partial charge in [0.25, 0.3) is 0 Å². The Labute approximate surface area is 159 Å². The van der Waals surface area contributed by atoms with Gasteiger partial charge in [-0.2, -0.15) is 0 Å². The molecule has 0 spiro atoms. The van der Waals surface area contributed by atoms with E-state index in [-0.39, 0.29) is 17.6 Å². The SMILES string of the molecule is NCCNC(=O)C1CCCN(Cc2ccc(Oc3cccc(F)c3)cc2)C1. The Morgan fingerprint density at radius 1 is 1.22 bits per heavy atom. The van der Waals surface area contributed by atoms with Gasteiger partial charge in [0.1, 0.15) is 17.3 Å². The van der Waals surface area contributed by atoms with Crippen LogP contribution in [0.15, 0.2) is 48.5 Å². The number of nitrogens with one attached hydrogen (secondary N) is 1. The van der Waals surface area contributed by atoms with Crippen molar-refractivity contribution in [2.75, 3.05) is 26.2 Å². The Kier molecular flexibility index (Phi) is 6.79. The van der Waals surface area contributed by atoms with E-state index < -0.39 is 0 Å². The first-order chi connectivity index (χ1) is 13.1. The quantitative estimate of drug-likeness (QED) is 0.785. The molecule has 0 saturated carbocycles. The van der Waals surface area contributed by atoms with Gasteiger partial charge in [-0.3, -0.25) is 9.69 Å². The maximum absolute atomic E-state index is 13.2. The van der Waals surface area contributed by atoms with Crippen LogP contribution in [0.2, 0.25) is 0 Å². The standard InChI is InChI=1S/C21H26FN3O2/c22-18-4-1-5-20(13-18)27-19-8-6-16(7-9-19)14-25-12-2-3-17(15-25)21(26)24-11-10-23/h1,4-9,13,17H,2-3,10-12,14-15,23H2,(H,24,26). The Bertz CT molecular complexity index is 751. The predicted octanol–water partition coefficient (Wildman–Crippen LogP) is 2.90. The van der Waals surface area contributed by atoms with Crippen LogP contribution >= 0.6 is 0 Å². The van der Waals surface area contributed by atoms with Crippen LogP contribution in [0.3, 0.4) is 0 Å². The van der Waals surface area contributed by atoms with Gasteiger partial charge in [-0.25, -0.2) is 4.39 Å². The summed E-state index contributed by atoms with van der Waals surface area (Å²) >= 11 is 0. The highest BCUT2D eigenvalue weighted by Crippen LogP contribution is 2.24. The molecule has 27 heavy (non-hydrogen) atoms. The van der Waals surface area contributed by atoms with Gasteiger partial charge >= 0.3 is 0 Å². The van der Waals surface area contributed by atoms with E-state index in [1.807, 2.05) is 24.3 Å². The van der Waals surface area contributed by atoms with Crippen LogP contribution in [0.1, 0.15) is 18.4 Å². The van der Waals surface area contributed by atoms with Crippen molar-refractivity contribution in [1.29, 1.82) is 0 Å². The Hall–Kier alpha value is -2.44. The van der Waals surface area contributed by atoms with Crippen LogP contribution in [0.4, 0.5) is 4.39 Å². The highest BCUT2D eigenvalue weighted by molar-refractivity contribution is 5.78. The fourth-order valence-corrected chi connectivity index (χ4v) is 3.34. The van der Waals surface area contributed by atoms with Crippen molar-refractivity contribution in [3.8, 4) is 11.5 Å². The molecule has 1 aliphatic heterocycles. The molecule has 1 aliphatic rings. The van der Waals surface area contributed by atoms with Crippen molar-refractivity contribution in [1.82, 2.24) is 10.2 Å². The van der Waals surface area contributed by atoms with Crippen molar-refractivity contribution < 1.29 is 13.9 Å². The van der Waals surface area contributed by atoms with Crippen LogP contribution in [0.5, 0.6) is 11.5 Å². The number of likely N-dealkylation sites (tertiary alicyclic amines) is 1. The van der Waals surface area contributed by atoms with Crippen molar-refractivity contribution in [2.24, 2.45) is 11.7 Å². The van der Waals surface area contributed by atoms with Crippen molar-refractivity contribution in [3.05, 3.63) is 59.9 Å². The number of nitrogens with zero attached hydrogens (tertiary/aromatic N) is 1. The number of rotatable bonds is 7. The van der Waals surface area contributed by atoms with Gasteiger partial charge in [-0.05, 0) is 49.2 Å². The fraction of sp³-hybridized carbons (Fsp3) is 0.381. The number of piperidine rings is 1. The molecule has 1 amide bonds. The maximum atomic E-state index is 13.2. The van der Waals surface area contributed by atoms with Gasteiger partial charge < -0.3 is 15.8 Å². The number of carbonyl (C=O) groups is 1. The van der Waals surface area contributed by atoms with Gasteiger partial charge in [0, 0.05) is 32.2 Å². The monoisotopic (exact) mass is 371 g/mol. The summed E-state index contributed by atoms with van der Waals surface area (Å²) in [6.07, 6.45) is 1.94. The molecule has 0 aromatic heterocycles. The smallest absolute Gasteiger partial charge is 0.224 e. The molecule has 1 heterocycles. The molecule has 3 rings (SSSR count). The summed E-state index contributed by atoms with van der Waals surface area (Å²) < 4.78 is 18.9. The first kappa shape index (κ1) is 19.3. The largest absolute Gasteiger partial charge is 0.457 e. The molecule has 1 fully saturated rings. The highest BCUT2D eigenvalue weighted by Gasteiger charge is 2.25. The van der Waals surface area contributed by atoms with Crippen LogP contribution in [0, 0.1) is 11.7 Å². The summed E-state index contributed by atoms with van der Waals surface area (Å²) in [5, 5.41) is 2.89. The van der Waals surface area contributed by atoms with Crippen LogP contribution in [-0.2, 0) is 11.3 Å². The topological polar surface area (TPSA) is 67.6 Å². The van der Waals surface area contributed by atoms with Crippen molar-refractivity contribution >= 4 is 5.91 Å². The van der Waals surface area contributed by atoms with E-state index in [1.54, 1.807) is 12.1 Å². The minimum absolute atomic E-state index is 0.0286. The zero-order valence-electron chi connectivity index (χ0n) is 15.4. The molecule has 6 heteroatoms. The number of ether oxygens (including phenoxy) is 1. The first-order valence-corrected chi connectivity index (χ1v) is 9.36. The van der Waals surface area contributed by atoms with Crippen LogP contribution in [0.25, 0.3) is 0 Å². The van der Waals surface area contributed by atoms with Gasteiger partial charge in [0.05, 0.1) is 5.92 Å². The molecule has 5 nitrogen and oxygen atoms in total. The Balaban J connectivity index is 1.54. The third kappa shape index (κ3) is 5.77. The third-order valence-electron chi connectivity index (χ3n) is 4.68. The average molecular weight is 371 g/mol. The van der Waals surface area contributed by atoms with Gasteiger partial charge in [0.2, 0.25) is 5.91 Å². The lowest BCUT2D eigenvalue weighted by Gasteiger charge is -2.32. The van der Waals surface area contributed by atoms with Crippen molar-refractivity contribution in [2.45, 2.75) is 19.4 Å². The van der Waals surface area contributed by atoms with E-state index in [4.69, 9.17) is 10.5 Å². The zero-order chi connectivity index (χ0) is 19.1. The van der Waals surface area contributed by atoms with Crippen LogP contribution < -0.4 is 15.8 Å². The lowest BCUT2D eigenvalue weighted by Crippen LogP contribution is -2.43. The second-order valence-corrected chi connectivity index (χ2v) is 6.86. The van der Waals surface area contributed by atoms with E-state index in [1.165, 1.54) is 12.1 Å². The number of nitrogens with two attached hydrogens (primary N) is 1. The minimum atomic E-state index is -0.320. The van der Waals surface area contributed by atoms with Gasteiger partial charge in [-0.15, -0.1) is 0 Å². The maximum Gasteiger partial charge on any atom is 0.224 e. The molecule has 0 radical (unpaired) electrons. The predicted molar refractivity (Wildman–Crippen MR) is 103 cm³/mol. The summed E-state index contributed by atoms with van der Waals surface area (Å²) in [4.78, 5) is 14.5. The molecule has 1 saturated heterocycles. The molecule has 3 N–H and O–H groups in total. The molecular formula is C21H26FN3O2. The molecule has 1 atom stereocenters. The normalized spacial score (nSPS) is 17.5. The van der Waals surface area contributed by atoms with E-state index in [9.17, 15) is 9.18 Å². The fourth-order valence-electron chi connectivity index (χ4n) is 3.34. The third-order valence-corrected chi connectivity index (χ3v) is 4.68. The van der Waals surface area contributed by atoms with Gasteiger partial charge in [0.15, 0.2) is 0 Å². The molecule has 0 bridgehead atoms. The molecule has 2 aromatic rings. The summed E-state index contributed by atoms with van der Waals surface area (Å²) in [6.45, 7) is 3.54. The summed E-state index contributed by atoms with van der Waals surface area (Å²) in [7, 11) is 0. The number of hydrogen-bond acceptors (Lipinski definition) is 4. The van der Waals surface area contributed by atoms with Crippen LogP contribution in [-0.4, -0.2) is 37.0 Å². The second kappa shape index (κ2) is 9.48. The van der Waals surface area contributed by atoms with Gasteiger partial charge in [-0.1, -0.05) is 18.2 Å². The first-order valence-electron chi connectivity index (χ1n) is 9.36. The summed E-state index contributed by atoms with van der Waals surface area (Å²) in [6, 6.07) is 13.9. The average Bonchev–Trinajstić information content (AvgIpc) is 2.68. The molecule has 144 valence electrons. The van der Waals surface area contributed by atoms with E-state index >= 15 is 0 Å². The number of hydrogen-bond donors (Lipinski definition) is 2. The highest BCUT2D eigenvalue weighted by atomic mass is 19.1. The van der Waals surface area contributed by atoms with E-state index in [0.29, 0.717) is 24.6 Å². The number of amides is 1. The summed E-state index contributed by atoms with van der Waals surface area (Å²) in [5.74, 6) is 0.955. The number of carbonyl (C=O) groups excluding carboxylic acids is 1. The number of halogens is 1. The Morgan fingerprint density at radius 3 is 2.78 bits per heavy atom. The van der Waals surface area contributed by atoms with Crippen molar-refractivity contribution in [3.63, 3.8) is 0 Å². The molecule has 0 aliphatic carbocycles. The zero-order valence-corrected chi connectivity index (χ0v) is 15.4. The molecule has 2 aromatic carbocycles. The Morgan fingerprint density at radius 2 is 2.04 bits per heavy atom. The van der Waals surface area contributed by atoms with E-state index in [2.05, 4.69) is 10.2 Å². The van der Waals surface area contributed by atoms with E-state index in [0.717, 1.165) is 38.0 Å². The number of benzene rings is 2. The summed E-state index contributed by atoms with van der Waals surface area (Å²) in [5.41, 5.74) is 6.61. The second-order valence-electron chi connectivity index (χ2n) is 6.86.